The van der Waals surface area contributed by atoms with Gasteiger partial charge in [-0.3, -0.25) is 9.67 Å². The lowest BCUT2D eigenvalue weighted by atomic mass is 10.2. The van der Waals surface area contributed by atoms with Gasteiger partial charge in [-0.05, 0) is 18.1 Å². The van der Waals surface area contributed by atoms with Crippen LogP contribution >= 0.6 is 0 Å². The molecule has 19 heavy (non-hydrogen) atoms. The molecule has 0 aliphatic rings. The van der Waals surface area contributed by atoms with Crippen LogP contribution in [0.15, 0.2) is 36.9 Å². The van der Waals surface area contributed by atoms with E-state index < -0.39 is 0 Å². The summed E-state index contributed by atoms with van der Waals surface area (Å²) in [6.45, 7) is 5.06. The van der Waals surface area contributed by atoms with Gasteiger partial charge >= 0.3 is 6.03 Å². The fourth-order valence-corrected chi connectivity index (χ4v) is 1.63. The standard InChI is InChI=1S/C13H17N5O/c1-10(2)8-18-9-12(7-15-18)17-13(19)16-11-4-3-5-14-6-11/h3-7,9-10H,8H2,1-2H3,(H2,16,17,19). The van der Waals surface area contributed by atoms with Gasteiger partial charge in [-0.25, -0.2) is 4.79 Å². The van der Waals surface area contributed by atoms with Crippen molar-refractivity contribution in [1.82, 2.24) is 14.8 Å². The fraction of sp³-hybridized carbons (Fsp3) is 0.308. The molecule has 0 unspecified atom stereocenters. The molecule has 0 saturated carbocycles. The van der Waals surface area contributed by atoms with Crippen LogP contribution in [-0.2, 0) is 6.54 Å². The number of amides is 2. The van der Waals surface area contributed by atoms with Gasteiger partial charge in [0.05, 0.1) is 23.8 Å². The molecule has 6 heteroatoms. The number of carbonyl (C=O) groups excluding carboxylic acids is 1. The first kappa shape index (κ1) is 13.1. The van der Waals surface area contributed by atoms with Crippen molar-refractivity contribution in [1.29, 1.82) is 0 Å². The third-order valence-corrected chi connectivity index (χ3v) is 2.36. The number of rotatable bonds is 4. The first-order chi connectivity index (χ1) is 9.13. The average molecular weight is 259 g/mol. The summed E-state index contributed by atoms with van der Waals surface area (Å²) in [5, 5.41) is 9.59. The van der Waals surface area contributed by atoms with E-state index in [0.717, 1.165) is 6.54 Å². The zero-order valence-corrected chi connectivity index (χ0v) is 11.0. The molecule has 2 aromatic heterocycles. The molecule has 0 spiro atoms. The van der Waals surface area contributed by atoms with Crippen LogP contribution in [0.1, 0.15) is 13.8 Å². The largest absolute Gasteiger partial charge is 0.323 e. The van der Waals surface area contributed by atoms with E-state index >= 15 is 0 Å². The predicted molar refractivity (Wildman–Crippen MR) is 73.9 cm³/mol. The molecule has 0 radical (unpaired) electrons. The maximum Gasteiger partial charge on any atom is 0.323 e. The summed E-state index contributed by atoms with van der Waals surface area (Å²) >= 11 is 0. The number of pyridine rings is 1. The molecule has 2 aromatic rings. The molecule has 0 aliphatic carbocycles. The van der Waals surface area contributed by atoms with E-state index in [2.05, 4.69) is 34.6 Å². The maximum atomic E-state index is 11.7. The van der Waals surface area contributed by atoms with Crippen molar-refractivity contribution in [2.24, 2.45) is 5.92 Å². The van der Waals surface area contributed by atoms with Gasteiger partial charge in [0, 0.05) is 18.9 Å². The molecule has 2 N–H and O–H groups in total. The van der Waals surface area contributed by atoms with Crippen LogP contribution in [-0.4, -0.2) is 20.8 Å². The van der Waals surface area contributed by atoms with Gasteiger partial charge < -0.3 is 10.6 Å². The van der Waals surface area contributed by atoms with Crippen LogP contribution in [0, 0.1) is 5.92 Å². The van der Waals surface area contributed by atoms with Crippen molar-refractivity contribution in [3.8, 4) is 0 Å². The van der Waals surface area contributed by atoms with Crippen LogP contribution in [0.3, 0.4) is 0 Å². The summed E-state index contributed by atoms with van der Waals surface area (Å²) in [4.78, 5) is 15.6. The Balaban J connectivity index is 1.90. The Labute approximate surface area is 111 Å². The minimum absolute atomic E-state index is 0.308. The lowest BCUT2D eigenvalue weighted by Gasteiger charge is -2.05. The highest BCUT2D eigenvalue weighted by molar-refractivity contribution is 5.99. The minimum Gasteiger partial charge on any atom is -0.306 e. The Morgan fingerprint density at radius 2 is 2.11 bits per heavy atom. The van der Waals surface area contributed by atoms with Gasteiger partial charge in [0.2, 0.25) is 0 Å². The van der Waals surface area contributed by atoms with Crippen molar-refractivity contribution in [3.63, 3.8) is 0 Å². The zero-order chi connectivity index (χ0) is 13.7. The van der Waals surface area contributed by atoms with Crippen molar-refractivity contribution in [3.05, 3.63) is 36.9 Å². The molecule has 0 saturated heterocycles. The molecule has 0 aliphatic heterocycles. The van der Waals surface area contributed by atoms with E-state index in [1.54, 1.807) is 30.7 Å². The Bertz CT molecular complexity index is 535. The third kappa shape index (κ3) is 4.09. The van der Waals surface area contributed by atoms with Gasteiger partial charge in [-0.2, -0.15) is 5.10 Å². The number of anilines is 2. The van der Waals surface area contributed by atoms with E-state index in [1.165, 1.54) is 0 Å². The van der Waals surface area contributed by atoms with Crippen LogP contribution < -0.4 is 10.6 Å². The first-order valence-corrected chi connectivity index (χ1v) is 6.14. The highest BCUT2D eigenvalue weighted by Gasteiger charge is 2.05. The van der Waals surface area contributed by atoms with Gasteiger partial charge in [0.25, 0.3) is 0 Å². The number of nitrogens with zero attached hydrogens (tertiary/aromatic N) is 3. The highest BCUT2D eigenvalue weighted by atomic mass is 16.2. The average Bonchev–Trinajstić information content (AvgIpc) is 2.76. The first-order valence-electron chi connectivity index (χ1n) is 6.14. The molecule has 0 aromatic carbocycles. The van der Waals surface area contributed by atoms with Crippen molar-refractivity contribution in [2.45, 2.75) is 20.4 Å². The second-order valence-electron chi connectivity index (χ2n) is 4.67. The topological polar surface area (TPSA) is 71.8 Å². The molecule has 2 rings (SSSR count). The summed E-state index contributed by atoms with van der Waals surface area (Å²) in [6.07, 6.45) is 6.68. The van der Waals surface area contributed by atoms with Gasteiger partial charge in [0.15, 0.2) is 0 Å². The second kappa shape index (κ2) is 5.99. The smallest absolute Gasteiger partial charge is 0.306 e. The lowest BCUT2D eigenvalue weighted by molar-refractivity contribution is 0.262. The van der Waals surface area contributed by atoms with Crippen LogP contribution in [0.5, 0.6) is 0 Å². The quantitative estimate of drug-likeness (QED) is 0.886. The van der Waals surface area contributed by atoms with Crippen LogP contribution in [0.2, 0.25) is 0 Å². The molecular weight excluding hydrogens is 242 g/mol. The summed E-state index contributed by atoms with van der Waals surface area (Å²) in [5.41, 5.74) is 1.32. The van der Waals surface area contributed by atoms with E-state index in [9.17, 15) is 4.79 Å². The number of urea groups is 1. The van der Waals surface area contributed by atoms with Crippen LogP contribution in [0.4, 0.5) is 16.2 Å². The summed E-state index contributed by atoms with van der Waals surface area (Å²) < 4.78 is 1.81. The fourth-order valence-electron chi connectivity index (χ4n) is 1.63. The molecule has 2 heterocycles. The lowest BCUT2D eigenvalue weighted by Crippen LogP contribution is -2.19. The maximum absolute atomic E-state index is 11.7. The van der Waals surface area contributed by atoms with E-state index in [4.69, 9.17) is 0 Å². The number of hydrogen-bond acceptors (Lipinski definition) is 3. The summed E-state index contributed by atoms with van der Waals surface area (Å²) in [6, 6.07) is 3.22. The van der Waals surface area contributed by atoms with Crippen LogP contribution in [0.25, 0.3) is 0 Å². The zero-order valence-electron chi connectivity index (χ0n) is 11.0. The Hall–Kier alpha value is -2.37. The molecule has 0 fully saturated rings. The normalized spacial score (nSPS) is 10.5. The van der Waals surface area contributed by atoms with E-state index in [-0.39, 0.29) is 6.03 Å². The van der Waals surface area contributed by atoms with E-state index in [1.807, 2.05) is 10.9 Å². The molecule has 2 amide bonds. The summed E-state index contributed by atoms with van der Waals surface area (Å²) in [5.74, 6) is 0.511. The number of hydrogen-bond donors (Lipinski definition) is 2. The Morgan fingerprint density at radius 3 is 2.79 bits per heavy atom. The number of nitrogens with one attached hydrogen (secondary N) is 2. The van der Waals surface area contributed by atoms with Crippen molar-refractivity contribution >= 4 is 17.4 Å². The number of carbonyl (C=O) groups is 1. The predicted octanol–water partition coefficient (Wildman–Crippen LogP) is 2.58. The monoisotopic (exact) mass is 259 g/mol. The van der Waals surface area contributed by atoms with Crippen molar-refractivity contribution < 1.29 is 4.79 Å². The minimum atomic E-state index is -0.308. The molecule has 0 atom stereocenters. The summed E-state index contributed by atoms with van der Waals surface area (Å²) in [7, 11) is 0. The molecule has 0 bridgehead atoms. The van der Waals surface area contributed by atoms with Crippen molar-refractivity contribution in [2.75, 3.05) is 10.6 Å². The van der Waals surface area contributed by atoms with Gasteiger partial charge in [0.1, 0.15) is 0 Å². The number of aromatic nitrogens is 3. The molecule has 100 valence electrons. The second-order valence-corrected chi connectivity index (χ2v) is 4.67. The van der Waals surface area contributed by atoms with Gasteiger partial charge in [-0.15, -0.1) is 0 Å². The van der Waals surface area contributed by atoms with Gasteiger partial charge in [-0.1, -0.05) is 13.8 Å². The SMILES string of the molecule is CC(C)Cn1cc(NC(=O)Nc2cccnc2)cn1. The molecular formula is C13H17N5O. The highest BCUT2D eigenvalue weighted by Crippen LogP contribution is 2.08. The third-order valence-electron chi connectivity index (χ3n) is 2.36. The molecule has 6 nitrogen and oxygen atoms in total. The Kier molecular flexibility index (Phi) is 4.12. The Morgan fingerprint density at radius 1 is 1.32 bits per heavy atom. The van der Waals surface area contributed by atoms with E-state index in [0.29, 0.717) is 17.3 Å².